The van der Waals surface area contributed by atoms with E-state index in [2.05, 4.69) is 10.6 Å². The monoisotopic (exact) mass is 286 g/mol. The predicted octanol–water partition coefficient (Wildman–Crippen LogP) is 3.51. The molecule has 0 aromatic heterocycles. The first kappa shape index (κ1) is 15.0. The molecule has 2 aromatic rings. The highest BCUT2D eigenvalue weighted by Crippen LogP contribution is 2.16. The number of benzene rings is 2. The fraction of sp³-hybridized carbons (Fsp3) is 0.235. The van der Waals surface area contributed by atoms with Crippen LogP contribution in [0.4, 0.5) is 10.1 Å². The molecule has 0 heterocycles. The number of rotatable bonds is 6. The highest BCUT2D eigenvalue weighted by atomic mass is 19.1. The smallest absolute Gasteiger partial charge is 0.222 e. The molecule has 1 unspecified atom stereocenters. The third kappa shape index (κ3) is 4.60. The van der Waals surface area contributed by atoms with Crippen molar-refractivity contribution in [3.63, 3.8) is 0 Å². The minimum Gasteiger partial charge on any atom is -0.385 e. The summed E-state index contributed by atoms with van der Waals surface area (Å²) in [6.45, 7) is 2.32. The van der Waals surface area contributed by atoms with Gasteiger partial charge in [-0.05, 0) is 25.1 Å². The van der Waals surface area contributed by atoms with Crippen molar-refractivity contribution in [1.29, 1.82) is 0 Å². The Bertz CT molecular complexity index is 586. The van der Waals surface area contributed by atoms with Gasteiger partial charge >= 0.3 is 0 Å². The van der Waals surface area contributed by atoms with Crippen LogP contribution < -0.4 is 10.6 Å². The molecule has 1 atom stereocenters. The topological polar surface area (TPSA) is 41.1 Å². The average molecular weight is 286 g/mol. The lowest BCUT2D eigenvalue weighted by Crippen LogP contribution is -2.28. The lowest BCUT2D eigenvalue weighted by molar-refractivity contribution is -0.121. The second kappa shape index (κ2) is 7.43. The van der Waals surface area contributed by atoms with Crippen molar-refractivity contribution >= 4 is 11.6 Å². The van der Waals surface area contributed by atoms with Gasteiger partial charge in [0.05, 0.1) is 6.04 Å². The summed E-state index contributed by atoms with van der Waals surface area (Å²) in [5.74, 6) is -0.401. The van der Waals surface area contributed by atoms with Crippen LogP contribution in [0.1, 0.15) is 24.9 Å². The molecule has 2 N–H and O–H groups in total. The zero-order chi connectivity index (χ0) is 15.1. The SMILES string of the molecule is CC(NC(=O)CCNc1ccccc1)c1ccccc1F. The molecule has 0 aliphatic carbocycles. The number of carbonyl (C=O) groups is 1. The maximum atomic E-state index is 13.6. The van der Waals surface area contributed by atoms with E-state index in [1.807, 2.05) is 30.3 Å². The van der Waals surface area contributed by atoms with Crippen LogP contribution in [0.15, 0.2) is 54.6 Å². The highest BCUT2D eigenvalue weighted by Gasteiger charge is 2.12. The van der Waals surface area contributed by atoms with Crippen molar-refractivity contribution in [3.8, 4) is 0 Å². The van der Waals surface area contributed by atoms with Gasteiger partial charge in [-0.15, -0.1) is 0 Å². The van der Waals surface area contributed by atoms with Crippen molar-refractivity contribution < 1.29 is 9.18 Å². The van der Waals surface area contributed by atoms with Crippen molar-refractivity contribution in [2.75, 3.05) is 11.9 Å². The summed E-state index contributed by atoms with van der Waals surface area (Å²) >= 11 is 0. The molecule has 1 amide bonds. The summed E-state index contributed by atoms with van der Waals surface area (Å²) in [6, 6.07) is 15.8. The maximum absolute atomic E-state index is 13.6. The van der Waals surface area contributed by atoms with E-state index in [0.717, 1.165) is 5.69 Å². The summed E-state index contributed by atoms with van der Waals surface area (Å²) in [6.07, 6.45) is 0.341. The van der Waals surface area contributed by atoms with Gasteiger partial charge in [0.1, 0.15) is 5.82 Å². The molecule has 2 rings (SSSR count). The standard InChI is InChI=1S/C17H19FN2O/c1-13(15-9-5-6-10-16(15)18)20-17(21)11-12-19-14-7-3-2-4-8-14/h2-10,13,19H,11-12H2,1H3,(H,20,21). The molecule has 21 heavy (non-hydrogen) atoms. The maximum Gasteiger partial charge on any atom is 0.222 e. The molecule has 110 valence electrons. The summed E-state index contributed by atoms with van der Waals surface area (Å²) in [7, 11) is 0. The Balaban J connectivity index is 1.78. The molecular formula is C17H19FN2O. The molecule has 0 radical (unpaired) electrons. The van der Waals surface area contributed by atoms with Gasteiger partial charge in [-0.1, -0.05) is 36.4 Å². The number of para-hydroxylation sites is 1. The van der Waals surface area contributed by atoms with Crippen LogP contribution in [-0.4, -0.2) is 12.5 Å². The van der Waals surface area contributed by atoms with E-state index in [4.69, 9.17) is 0 Å². The van der Waals surface area contributed by atoms with Gasteiger partial charge in [0.15, 0.2) is 0 Å². The third-order valence-electron chi connectivity index (χ3n) is 3.20. The van der Waals surface area contributed by atoms with Gasteiger partial charge in [0.25, 0.3) is 0 Å². The fourth-order valence-corrected chi connectivity index (χ4v) is 2.09. The minimum absolute atomic E-state index is 0.103. The van der Waals surface area contributed by atoms with Crippen LogP contribution in [0, 0.1) is 5.82 Å². The van der Waals surface area contributed by atoms with E-state index in [0.29, 0.717) is 18.5 Å². The van der Waals surface area contributed by atoms with Crippen molar-refractivity contribution in [2.24, 2.45) is 0 Å². The summed E-state index contributed by atoms with van der Waals surface area (Å²) < 4.78 is 13.6. The quantitative estimate of drug-likeness (QED) is 0.853. The number of amides is 1. The lowest BCUT2D eigenvalue weighted by Gasteiger charge is -2.15. The first-order chi connectivity index (χ1) is 10.2. The molecule has 3 nitrogen and oxygen atoms in total. The molecule has 2 aromatic carbocycles. The number of anilines is 1. The second-order valence-corrected chi connectivity index (χ2v) is 4.85. The Morgan fingerprint density at radius 3 is 2.48 bits per heavy atom. The first-order valence-corrected chi connectivity index (χ1v) is 6.99. The third-order valence-corrected chi connectivity index (χ3v) is 3.20. The Kier molecular flexibility index (Phi) is 5.32. The van der Waals surface area contributed by atoms with Gasteiger partial charge in [0.2, 0.25) is 5.91 Å². The fourth-order valence-electron chi connectivity index (χ4n) is 2.09. The van der Waals surface area contributed by atoms with E-state index >= 15 is 0 Å². The van der Waals surface area contributed by atoms with Crippen LogP contribution in [0.2, 0.25) is 0 Å². The molecule has 0 fully saturated rings. The van der Waals surface area contributed by atoms with Crippen molar-refractivity contribution in [2.45, 2.75) is 19.4 Å². The Hall–Kier alpha value is -2.36. The molecule has 0 spiro atoms. The molecule has 0 saturated carbocycles. The van der Waals surface area contributed by atoms with Gasteiger partial charge in [0, 0.05) is 24.2 Å². The summed E-state index contributed by atoms with van der Waals surface area (Å²) in [5, 5.41) is 5.97. The Labute approximate surface area is 124 Å². The van der Waals surface area contributed by atoms with Gasteiger partial charge in [-0.2, -0.15) is 0 Å². The van der Waals surface area contributed by atoms with Crippen LogP contribution in [-0.2, 0) is 4.79 Å². The molecular weight excluding hydrogens is 267 g/mol. The molecule has 0 aliphatic rings. The van der Waals surface area contributed by atoms with Crippen molar-refractivity contribution in [1.82, 2.24) is 5.32 Å². The largest absolute Gasteiger partial charge is 0.385 e. The van der Waals surface area contributed by atoms with Crippen LogP contribution in [0.3, 0.4) is 0 Å². The van der Waals surface area contributed by atoms with Gasteiger partial charge < -0.3 is 10.6 Å². The number of carbonyl (C=O) groups excluding carboxylic acids is 1. The zero-order valence-electron chi connectivity index (χ0n) is 12.0. The van der Waals surface area contributed by atoms with E-state index in [9.17, 15) is 9.18 Å². The molecule has 0 aliphatic heterocycles. The molecule has 0 saturated heterocycles. The highest BCUT2D eigenvalue weighted by molar-refractivity contribution is 5.77. The van der Waals surface area contributed by atoms with E-state index in [-0.39, 0.29) is 17.8 Å². The zero-order valence-corrected chi connectivity index (χ0v) is 12.0. The summed E-state index contributed by atoms with van der Waals surface area (Å²) in [5.41, 5.74) is 1.48. The molecule has 4 heteroatoms. The average Bonchev–Trinajstić information content (AvgIpc) is 2.48. The molecule has 0 bridgehead atoms. The lowest BCUT2D eigenvalue weighted by atomic mass is 10.1. The van der Waals surface area contributed by atoms with Gasteiger partial charge in [-0.25, -0.2) is 4.39 Å². The van der Waals surface area contributed by atoms with Crippen LogP contribution in [0.5, 0.6) is 0 Å². The van der Waals surface area contributed by atoms with E-state index in [1.165, 1.54) is 6.07 Å². The number of nitrogens with one attached hydrogen (secondary N) is 2. The number of hydrogen-bond donors (Lipinski definition) is 2. The first-order valence-electron chi connectivity index (χ1n) is 6.99. The summed E-state index contributed by atoms with van der Waals surface area (Å²) in [4.78, 5) is 11.9. The normalized spacial score (nSPS) is 11.7. The Morgan fingerprint density at radius 1 is 1.10 bits per heavy atom. The predicted molar refractivity (Wildman–Crippen MR) is 82.5 cm³/mol. The van der Waals surface area contributed by atoms with Crippen LogP contribution >= 0.6 is 0 Å². The van der Waals surface area contributed by atoms with Crippen molar-refractivity contribution in [3.05, 3.63) is 66.0 Å². The van der Waals surface area contributed by atoms with Gasteiger partial charge in [-0.3, -0.25) is 4.79 Å². The second-order valence-electron chi connectivity index (χ2n) is 4.85. The minimum atomic E-state index is -0.338. The number of hydrogen-bond acceptors (Lipinski definition) is 2. The number of halogens is 1. The van der Waals surface area contributed by atoms with Crippen LogP contribution in [0.25, 0.3) is 0 Å². The Morgan fingerprint density at radius 2 is 1.76 bits per heavy atom. The van der Waals surface area contributed by atoms with E-state index < -0.39 is 0 Å². The van der Waals surface area contributed by atoms with E-state index in [1.54, 1.807) is 25.1 Å².